The Bertz CT molecular complexity index is 1000. The molecule has 2 amide bonds. The zero-order chi connectivity index (χ0) is 22.0. The number of oxazole rings is 1. The maximum Gasteiger partial charge on any atom is 0.235 e. The van der Waals surface area contributed by atoms with Crippen LogP contribution in [0.2, 0.25) is 0 Å². The molecule has 1 aromatic carbocycles. The molecule has 1 saturated carbocycles. The largest absolute Gasteiger partial charge is 0.423 e. The fourth-order valence-corrected chi connectivity index (χ4v) is 4.53. The van der Waals surface area contributed by atoms with Crippen molar-refractivity contribution >= 4 is 35.1 Å². The van der Waals surface area contributed by atoms with Gasteiger partial charge in [0.1, 0.15) is 6.07 Å². The van der Waals surface area contributed by atoms with E-state index in [-0.39, 0.29) is 17.1 Å². The van der Waals surface area contributed by atoms with Crippen LogP contribution in [0.1, 0.15) is 44.2 Å². The van der Waals surface area contributed by atoms with Gasteiger partial charge in [0.05, 0.1) is 5.25 Å². The van der Waals surface area contributed by atoms with Gasteiger partial charge in [-0.25, -0.2) is 4.98 Å². The average Bonchev–Trinajstić information content (AvgIpc) is 3.53. The Morgan fingerprint density at radius 1 is 1.23 bits per heavy atom. The second-order valence-corrected chi connectivity index (χ2v) is 9.28. The van der Waals surface area contributed by atoms with E-state index in [2.05, 4.69) is 16.4 Å². The molecule has 2 aromatic rings. The van der Waals surface area contributed by atoms with Crippen LogP contribution in [0.5, 0.6) is 0 Å². The number of benzene rings is 1. The number of thioether (sulfide) groups is 1. The van der Waals surface area contributed by atoms with Crippen LogP contribution >= 0.6 is 11.8 Å². The van der Waals surface area contributed by atoms with Crippen LogP contribution in [0.4, 0.5) is 11.6 Å². The fourth-order valence-electron chi connectivity index (χ4n) is 3.58. The van der Waals surface area contributed by atoms with E-state index < -0.39 is 0 Å². The Labute approximate surface area is 185 Å². The second-order valence-electron chi connectivity index (χ2n) is 7.87. The van der Waals surface area contributed by atoms with Crippen molar-refractivity contribution < 1.29 is 14.0 Å². The number of anilines is 2. The molecule has 1 aromatic heterocycles. The van der Waals surface area contributed by atoms with Gasteiger partial charge in [0.2, 0.25) is 29.3 Å². The monoisotopic (exact) mass is 439 g/mol. The lowest BCUT2D eigenvalue weighted by Gasteiger charge is -2.35. The quantitative estimate of drug-likeness (QED) is 0.690. The van der Waals surface area contributed by atoms with Gasteiger partial charge in [-0.3, -0.25) is 9.59 Å². The van der Waals surface area contributed by atoms with Gasteiger partial charge in [0, 0.05) is 49.6 Å². The minimum absolute atomic E-state index is 0.0901. The minimum atomic E-state index is -0.223. The first-order valence-electron chi connectivity index (χ1n) is 10.4. The fraction of sp³-hybridized carbons (Fsp3) is 0.455. The summed E-state index contributed by atoms with van der Waals surface area (Å²) >= 11 is 1.50. The van der Waals surface area contributed by atoms with E-state index in [0.717, 1.165) is 23.4 Å². The predicted molar refractivity (Wildman–Crippen MR) is 118 cm³/mol. The standard InChI is InChI=1S/C22H25N5O3S/c1-14(31-18-7-5-17(6-8-18)24-15(2)28)21(29)26-9-11-27(12-10-26)22-19(13-23)25-20(30-22)16-3-4-16/h5-8,14,16H,3-4,9-12H2,1-2H3,(H,24,28). The van der Waals surface area contributed by atoms with Gasteiger partial charge in [-0.1, -0.05) is 0 Å². The van der Waals surface area contributed by atoms with E-state index in [1.54, 1.807) is 0 Å². The molecule has 1 unspecified atom stereocenters. The summed E-state index contributed by atoms with van der Waals surface area (Å²) in [6.07, 6.45) is 2.14. The highest BCUT2D eigenvalue weighted by atomic mass is 32.2. The number of carbonyl (C=O) groups is 2. The molecule has 1 aliphatic carbocycles. The van der Waals surface area contributed by atoms with Crippen molar-refractivity contribution in [3.05, 3.63) is 35.9 Å². The van der Waals surface area contributed by atoms with Crippen molar-refractivity contribution in [1.29, 1.82) is 5.26 Å². The van der Waals surface area contributed by atoms with Crippen LogP contribution < -0.4 is 10.2 Å². The summed E-state index contributed by atoms with van der Waals surface area (Å²) in [5, 5.41) is 11.9. The number of rotatable bonds is 6. The summed E-state index contributed by atoms with van der Waals surface area (Å²) < 4.78 is 5.88. The molecule has 8 nitrogen and oxygen atoms in total. The lowest BCUT2D eigenvalue weighted by Crippen LogP contribution is -2.50. The zero-order valence-corrected chi connectivity index (χ0v) is 18.4. The zero-order valence-electron chi connectivity index (χ0n) is 17.6. The number of piperazine rings is 1. The molecule has 2 aliphatic rings. The van der Waals surface area contributed by atoms with Crippen molar-refractivity contribution in [2.75, 3.05) is 36.4 Å². The Morgan fingerprint density at radius 2 is 1.90 bits per heavy atom. The molecule has 4 rings (SSSR count). The van der Waals surface area contributed by atoms with Gasteiger partial charge >= 0.3 is 0 Å². The third kappa shape index (κ3) is 5.02. The van der Waals surface area contributed by atoms with Crippen LogP contribution in [-0.2, 0) is 9.59 Å². The summed E-state index contributed by atoms with van der Waals surface area (Å²) in [5.74, 6) is 1.54. The summed E-state index contributed by atoms with van der Waals surface area (Å²) in [6.45, 7) is 5.77. The Kier molecular flexibility index (Phi) is 6.18. The van der Waals surface area contributed by atoms with E-state index in [1.165, 1.54) is 18.7 Å². The maximum absolute atomic E-state index is 12.9. The average molecular weight is 440 g/mol. The number of carbonyl (C=O) groups excluding carboxylic acids is 2. The van der Waals surface area contributed by atoms with Gasteiger partial charge in [-0.15, -0.1) is 11.8 Å². The number of nitriles is 1. The van der Waals surface area contributed by atoms with Crippen molar-refractivity contribution in [2.24, 2.45) is 0 Å². The smallest absolute Gasteiger partial charge is 0.235 e. The highest BCUT2D eigenvalue weighted by molar-refractivity contribution is 8.00. The van der Waals surface area contributed by atoms with Crippen molar-refractivity contribution in [3.8, 4) is 6.07 Å². The highest BCUT2D eigenvalue weighted by Crippen LogP contribution is 2.41. The van der Waals surface area contributed by atoms with Crippen LogP contribution in [0, 0.1) is 11.3 Å². The summed E-state index contributed by atoms with van der Waals surface area (Å²) in [7, 11) is 0. The van der Waals surface area contributed by atoms with Crippen LogP contribution in [-0.4, -0.2) is 53.1 Å². The first-order chi connectivity index (χ1) is 14.9. The van der Waals surface area contributed by atoms with Crippen LogP contribution in [0.3, 0.4) is 0 Å². The molecule has 1 saturated heterocycles. The molecular formula is C22H25N5O3S. The molecule has 1 atom stereocenters. The molecule has 2 fully saturated rings. The van der Waals surface area contributed by atoms with Crippen molar-refractivity contribution in [1.82, 2.24) is 9.88 Å². The third-order valence-corrected chi connectivity index (χ3v) is 6.47. The van der Waals surface area contributed by atoms with Gasteiger partial charge in [-0.05, 0) is 44.0 Å². The molecule has 2 heterocycles. The van der Waals surface area contributed by atoms with E-state index in [1.807, 2.05) is 41.0 Å². The number of amides is 2. The molecule has 9 heteroatoms. The molecule has 1 aliphatic heterocycles. The predicted octanol–water partition coefficient (Wildman–Crippen LogP) is 3.21. The number of nitrogens with zero attached hydrogens (tertiary/aromatic N) is 4. The summed E-state index contributed by atoms with van der Waals surface area (Å²) in [4.78, 5) is 33.2. The maximum atomic E-state index is 12.9. The first kappa shape index (κ1) is 21.2. The Hall–Kier alpha value is -2.99. The van der Waals surface area contributed by atoms with Crippen LogP contribution in [0.15, 0.2) is 33.6 Å². The molecule has 31 heavy (non-hydrogen) atoms. The topological polar surface area (TPSA) is 102 Å². The van der Waals surface area contributed by atoms with E-state index in [0.29, 0.717) is 49.6 Å². The number of nitrogens with one attached hydrogen (secondary N) is 1. The minimum Gasteiger partial charge on any atom is -0.423 e. The van der Waals surface area contributed by atoms with Gasteiger partial charge < -0.3 is 19.5 Å². The highest BCUT2D eigenvalue weighted by Gasteiger charge is 2.33. The summed E-state index contributed by atoms with van der Waals surface area (Å²) in [5.41, 5.74) is 1.08. The van der Waals surface area contributed by atoms with Gasteiger partial charge in [0.15, 0.2) is 0 Å². The Balaban J connectivity index is 1.31. The van der Waals surface area contributed by atoms with Crippen LogP contribution in [0.25, 0.3) is 0 Å². The van der Waals surface area contributed by atoms with E-state index >= 15 is 0 Å². The van der Waals surface area contributed by atoms with Gasteiger partial charge in [-0.2, -0.15) is 5.26 Å². The second kappa shape index (κ2) is 9.02. The molecule has 1 N–H and O–H groups in total. The van der Waals surface area contributed by atoms with E-state index in [9.17, 15) is 14.9 Å². The van der Waals surface area contributed by atoms with E-state index in [4.69, 9.17) is 4.42 Å². The number of hydrogen-bond acceptors (Lipinski definition) is 7. The third-order valence-electron chi connectivity index (χ3n) is 5.37. The first-order valence-corrected chi connectivity index (χ1v) is 11.3. The molecule has 162 valence electrons. The SMILES string of the molecule is CC(=O)Nc1ccc(SC(C)C(=O)N2CCN(c3oc(C4CC4)nc3C#N)CC2)cc1. The van der Waals surface area contributed by atoms with Gasteiger partial charge in [0.25, 0.3) is 0 Å². The lowest BCUT2D eigenvalue weighted by molar-refractivity contribution is -0.130. The molecular weight excluding hydrogens is 414 g/mol. The number of aromatic nitrogens is 1. The normalized spacial score (nSPS) is 17.2. The lowest BCUT2D eigenvalue weighted by atomic mass is 10.2. The Morgan fingerprint density at radius 3 is 2.48 bits per heavy atom. The van der Waals surface area contributed by atoms with Crippen molar-refractivity contribution in [2.45, 2.75) is 42.8 Å². The molecule has 0 bridgehead atoms. The van der Waals surface area contributed by atoms with Crippen molar-refractivity contribution in [3.63, 3.8) is 0 Å². The number of hydrogen-bond donors (Lipinski definition) is 1. The summed E-state index contributed by atoms with van der Waals surface area (Å²) in [6, 6.07) is 9.61. The molecule has 0 spiro atoms. The molecule has 0 radical (unpaired) electrons.